The van der Waals surface area contributed by atoms with Crippen molar-refractivity contribution in [2.45, 2.75) is 166 Å². The van der Waals surface area contributed by atoms with Gasteiger partial charge in [-0.15, -0.1) is 0 Å². The van der Waals surface area contributed by atoms with Gasteiger partial charge in [0.2, 0.25) is 0 Å². The van der Waals surface area contributed by atoms with E-state index in [1.165, 1.54) is 91.0 Å². The van der Waals surface area contributed by atoms with Crippen molar-refractivity contribution < 1.29 is 96.1 Å². The minimum atomic E-state index is -0.750. The SMILES string of the molecule is CC.CC.Cc1c(C)c(C)c(-c2nc(-c3ccc(O)cc3O)nc(-c3c(C)c(C)c(C)c(C)c3C)n2)c(C)c1C.Cc1c(C)c(C)c(-c2nc(-c3ccc(O)cc3O)nc(-c3c(C)c(C)c(C)c(C)c3C)n2)c(C)c1C.OCO.[Y].[Y]. The average Bonchev–Trinajstić information content (AvgIpc) is 3.42. The van der Waals surface area contributed by atoms with E-state index in [9.17, 15) is 20.4 Å². The number of aromatic hydroxyl groups is 4. The molecule has 0 saturated carbocycles. The van der Waals surface area contributed by atoms with Crippen molar-refractivity contribution >= 4 is 0 Å². The third-order valence-corrected chi connectivity index (χ3v) is 16.6. The van der Waals surface area contributed by atoms with Crippen LogP contribution in [0.4, 0.5) is 0 Å². The molecule has 2 heterocycles. The second-order valence-corrected chi connectivity index (χ2v) is 20.2. The standard InChI is InChI=1S/2C31H35N3O2.2C2H6.CH4O2.2Y/c2*1-14-16(3)20(7)27(21(8)17(14)4)30-32-29(25-12-11-24(35)13-26(25)36)33-31(34-30)28-22(9)18(5)15(2)19(6)23(28)10;2*1-2;2-1-3;;/h2*11-13,35-36H,1-10H3;2*1-2H3;2-3H,1H2;;. The van der Waals surface area contributed by atoms with Gasteiger partial charge in [0.25, 0.3) is 0 Å². The van der Waals surface area contributed by atoms with Gasteiger partial charge in [0, 0.05) is 99.8 Å². The average molecular weight is 1250 g/mol. The Labute approximate surface area is 533 Å². The van der Waals surface area contributed by atoms with Crippen LogP contribution >= 0.6 is 0 Å². The Kier molecular flexibility index (Phi) is 26.8. The van der Waals surface area contributed by atoms with Gasteiger partial charge in [0.1, 0.15) is 29.8 Å². The normalized spacial score (nSPS) is 10.4. The monoisotopic (exact) mass is 1250 g/mol. The fourth-order valence-corrected chi connectivity index (χ4v) is 10.2. The Bertz CT molecular complexity index is 3090. The maximum absolute atomic E-state index is 10.7. The van der Waals surface area contributed by atoms with Crippen molar-refractivity contribution in [3.05, 3.63) is 148 Å². The third kappa shape index (κ3) is 14.5. The van der Waals surface area contributed by atoms with Crippen LogP contribution in [0.1, 0.15) is 139 Å². The molecule has 426 valence electrons. The van der Waals surface area contributed by atoms with Gasteiger partial charge in [0.15, 0.2) is 34.9 Å². The van der Waals surface area contributed by atoms with Crippen molar-refractivity contribution in [3.63, 3.8) is 0 Å². The largest absolute Gasteiger partial charge is 0.508 e. The molecule has 0 fully saturated rings. The van der Waals surface area contributed by atoms with Gasteiger partial charge in [-0.2, -0.15) is 0 Å². The van der Waals surface area contributed by atoms with Crippen molar-refractivity contribution in [1.82, 2.24) is 29.9 Å². The number of benzene rings is 6. The molecule has 8 rings (SSSR count). The van der Waals surface area contributed by atoms with Gasteiger partial charge in [-0.1, -0.05) is 27.7 Å². The molecule has 0 bridgehead atoms. The topological polar surface area (TPSA) is 199 Å². The first-order valence-electron chi connectivity index (χ1n) is 27.2. The molecule has 81 heavy (non-hydrogen) atoms. The van der Waals surface area contributed by atoms with Crippen LogP contribution in [0.3, 0.4) is 0 Å². The molecule has 0 spiro atoms. The van der Waals surface area contributed by atoms with Crippen molar-refractivity contribution in [1.29, 1.82) is 0 Å². The Morgan fingerprint density at radius 2 is 0.407 bits per heavy atom. The van der Waals surface area contributed by atoms with E-state index >= 15 is 0 Å². The number of phenols is 4. The van der Waals surface area contributed by atoms with E-state index in [4.69, 9.17) is 40.1 Å². The van der Waals surface area contributed by atoms with E-state index in [2.05, 4.69) is 138 Å². The van der Waals surface area contributed by atoms with Crippen LogP contribution in [-0.4, -0.2) is 67.3 Å². The first-order chi connectivity index (χ1) is 37.1. The fraction of sp³-hybridized carbons (Fsp3) is 0.373. The molecular formula is C67H86N6O6Y2. The molecule has 6 N–H and O–H groups in total. The summed E-state index contributed by atoms with van der Waals surface area (Å²) in [4.78, 5) is 29.6. The summed E-state index contributed by atoms with van der Waals surface area (Å²) in [6.07, 6.45) is 0. The summed E-state index contributed by atoms with van der Waals surface area (Å²) in [5.74, 6) is 2.89. The summed E-state index contributed by atoms with van der Waals surface area (Å²) in [6.45, 7) is 49.8. The first kappa shape index (κ1) is 71.8. The smallest absolute Gasteiger partial charge is 0.167 e. The molecule has 14 heteroatoms. The molecule has 0 aliphatic carbocycles. The molecule has 2 aromatic heterocycles. The van der Waals surface area contributed by atoms with Gasteiger partial charge in [-0.3, -0.25) is 0 Å². The number of aliphatic hydroxyl groups is 2. The van der Waals surface area contributed by atoms with E-state index in [1.54, 1.807) is 12.1 Å². The maximum atomic E-state index is 10.7. The summed E-state index contributed by atoms with van der Waals surface area (Å²) in [5, 5.41) is 55.3. The Balaban J connectivity index is 0.000000488. The van der Waals surface area contributed by atoms with E-state index < -0.39 is 6.79 Å². The van der Waals surface area contributed by atoms with E-state index in [0.29, 0.717) is 46.1 Å². The van der Waals surface area contributed by atoms with E-state index in [1.807, 2.05) is 27.7 Å². The number of aromatic nitrogens is 6. The zero-order valence-corrected chi connectivity index (χ0v) is 58.4. The second kappa shape index (κ2) is 30.3. The first-order valence-corrected chi connectivity index (χ1v) is 27.2. The zero-order chi connectivity index (χ0) is 60.0. The fourth-order valence-electron chi connectivity index (χ4n) is 10.2. The van der Waals surface area contributed by atoms with Crippen LogP contribution < -0.4 is 0 Å². The zero-order valence-electron chi connectivity index (χ0n) is 52.7. The van der Waals surface area contributed by atoms with Crippen LogP contribution in [0.25, 0.3) is 68.3 Å². The van der Waals surface area contributed by atoms with Gasteiger partial charge >= 0.3 is 0 Å². The summed E-state index contributed by atoms with van der Waals surface area (Å²) in [7, 11) is 0. The molecule has 12 nitrogen and oxygen atoms in total. The minimum absolute atomic E-state index is 0. The second-order valence-electron chi connectivity index (χ2n) is 20.2. The van der Waals surface area contributed by atoms with Gasteiger partial charge < -0.3 is 30.6 Å². The summed E-state index contributed by atoms with van der Waals surface area (Å²) < 4.78 is 0. The van der Waals surface area contributed by atoms with Crippen LogP contribution in [0.15, 0.2) is 36.4 Å². The van der Waals surface area contributed by atoms with Gasteiger partial charge in [-0.25, -0.2) is 29.9 Å². The summed E-state index contributed by atoms with van der Waals surface area (Å²) in [6, 6.07) is 8.98. The molecule has 0 aliphatic rings. The maximum Gasteiger partial charge on any atom is 0.167 e. The summed E-state index contributed by atoms with van der Waals surface area (Å²) >= 11 is 0. The molecule has 6 aromatic carbocycles. The van der Waals surface area contributed by atoms with Crippen LogP contribution in [0, 0.1) is 138 Å². The number of rotatable bonds is 6. The predicted octanol–water partition coefficient (Wildman–Crippen LogP) is 15.7. The number of hydrogen-bond acceptors (Lipinski definition) is 12. The van der Waals surface area contributed by atoms with Gasteiger partial charge in [-0.05, 0) is 274 Å². The van der Waals surface area contributed by atoms with Crippen molar-refractivity contribution in [3.8, 4) is 91.3 Å². The van der Waals surface area contributed by atoms with E-state index in [0.717, 1.165) is 66.8 Å². The van der Waals surface area contributed by atoms with Crippen LogP contribution in [0.5, 0.6) is 23.0 Å². The van der Waals surface area contributed by atoms with Crippen LogP contribution in [0.2, 0.25) is 0 Å². The Hall–Kier alpha value is -5.33. The quantitative estimate of drug-likeness (QED) is 0.0863. The Morgan fingerprint density at radius 3 is 0.568 bits per heavy atom. The summed E-state index contributed by atoms with van der Waals surface area (Å²) in [5.41, 5.74) is 28.8. The molecule has 2 radical (unpaired) electrons. The number of phenolic OH excluding ortho intramolecular Hbond substituents is 4. The molecule has 0 amide bonds. The Morgan fingerprint density at radius 1 is 0.259 bits per heavy atom. The molecule has 0 saturated heterocycles. The molecule has 0 atom stereocenters. The molecule has 0 aliphatic heterocycles. The molecular weight excluding hydrogens is 1160 g/mol. The van der Waals surface area contributed by atoms with Crippen molar-refractivity contribution in [2.75, 3.05) is 6.79 Å². The van der Waals surface area contributed by atoms with Crippen molar-refractivity contribution in [2.24, 2.45) is 0 Å². The number of hydrogen-bond donors (Lipinski definition) is 6. The third-order valence-electron chi connectivity index (χ3n) is 16.6. The number of aliphatic hydroxyl groups excluding tert-OH is 1. The molecule has 8 aromatic rings. The molecule has 0 unspecified atom stereocenters. The minimum Gasteiger partial charge on any atom is -0.508 e. The number of nitrogens with zero attached hydrogens (tertiary/aromatic N) is 6. The predicted molar refractivity (Wildman–Crippen MR) is 326 cm³/mol. The van der Waals surface area contributed by atoms with E-state index in [-0.39, 0.29) is 88.4 Å². The van der Waals surface area contributed by atoms with Gasteiger partial charge in [0.05, 0.1) is 11.1 Å². The van der Waals surface area contributed by atoms with Crippen LogP contribution in [-0.2, 0) is 65.4 Å².